The molecule has 0 saturated heterocycles. The summed E-state index contributed by atoms with van der Waals surface area (Å²) in [6.07, 6.45) is 7.25. The van der Waals surface area contributed by atoms with Crippen LogP contribution < -0.4 is 11.3 Å². The zero-order chi connectivity index (χ0) is 19.8. The molecule has 3 heterocycles. The molecule has 0 bridgehead atoms. The highest BCUT2D eigenvalue weighted by Crippen LogP contribution is 2.29. The van der Waals surface area contributed by atoms with Gasteiger partial charge in [0, 0.05) is 41.6 Å². The molecule has 0 fully saturated rings. The van der Waals surface area contributed by atoms with Gasteiger partial charge in [-0.15, -0.1) is 0 Å². The first-order valence-corrected chi connectivity index (χ1v) is 9.68. The third kappa shape index (κ3) is 3.05. The van der Waals surface area contributed by atoms with E-state index in [4.69, 9.17) is 10.7 Å². The average molecular weight is 384 g/mol. The zero-order valence-electron chi connectivity index (χ0n) is 15.8. The molecule has 0 aliphatic heterocycles. The number of aromatic nitrogens is 5. The highest BCUT2D eigenvalue weighted by molar-refractivity contribution is 5.97. The Kier molecular flexibility index (Phi) is 4.29. The molecule has 0 unspecified atom stereocenters. The van der Waals surface area contributed by atoms with Gasteiger partial charge in [-0.3, -0.25) is 14.8 Å². The summed E-state index contributed by atoms with van der Waals surface area (Å²) in [5, 5.41) is 1.01. The Morgan fingerprint density at radius 2 is 1.79 bits per heavy atom. The largest absolute Gasteiger partial charge is 0.347 e. The summed E-state index contributed by atoms with van der Waals surface area (Å²) in [7, 11) is 0. The zero-order valence-corrected chi connectivity index (χ0v) is 15.8. The third-order valence-electron chi connectivity index (χ3n) is 5.18. The Bertz CT molecular complexity index is 1400. The van der Waals surface area contributed by atoms with Gasteiger partial charge in [0.05, 0.1) is 22.1 Å². The lowest BCUT2D eigenvalue weighted by molar-refractivity contribution is 0.631. The van der Waals surface area contributed by atoms with E-state index in [1.54, 1.807) is 12.4 Å². The summed E-state index contributed by atoms with van der Waals surface area (Å²) in [5.41, 5.74) is 10.6. The molecule has 7 nitrogen and oxygen atoms in total. The van der Waals surface area contributed by atoms with E-state index in [1.165, 1.54) is 0 Å². The third-order valence-corrected chi connectivity index (χ3v) is 5.18. The lowest BCUT2D eigenvalue weighted by Crippen LogP contribution is -2.11. The predicted molar refractivity (Wildman–Crippen MR) is 115 cm³/mol. The van der Waals surface area contributed by atoms with Gasteiger partial charge in [-0.1, -0.05) is 18.2 Å². The van der Waals surface area contributed by atoms with E-state index in [9.17, 15) is 4.79 Å². The maximum atomic E-state index is 12.9. The highest BCUT2D eigenvalue weighted by Gasteiger charge is 2.15. The van der Waals surface area contributed by atoms with Crippen LogP contribution in [0.5, 0.6) is 0 Å². The summed E-state index contributed by atoms with van der Waals surface area (Å²) >= 11 is 0. The number of nitrogens with one attached hydrogen (secondary N) is 1. The Morgan fingerprint density at radius 1 is 1.00 bits per heavy atom. The van der Waals surface area contributed by atoms with Gasteiger partial charge in [-0.05, 0) is 37.6 Å². The maximum Gasteiger partial charge on any atom is 0.275 e. The fourth-order valence-electron chi connectivity index (χ4n) is 3.77. The number of nitrogens with two attached hydrogens (primary N) is 1. The van der Waals surface area contributed by atoms with E-state index in [-0.39, 0.29) is 5.56 Å². The molecule has 5 aromatic rings. The average Bonchev–Trinajstić information content (AvgIpc) is 3.11. The van der Waals surface area contributed by atoms with Crippen LogP contribution in [0.4, 0.5) is 0 Å². The Morgan fingerprint density at radius 3 is 2.62 bits per heavy atom. The molecule has 7 heteroatoms. The number of unbranched alkanes of at least 4 members (excludes halogenated alkanes) is 1. The normalized spacial score (nSPS) is 11.6. The van der Waals surface area contributed by atoms with Gasteiger partial charge < -0.3 is 15.3 Å². The molecule has 3 N–H and O–H groups in total. The first-order chi connectivity index (χ1) is 14.2. The summed E-state index contributed by atoms with van der Waals surface area (Å²) in [6.45, 7) is 1.53. The SMILES string of the molecule is NCCCCn1cc(-c2nc3cc4nccnc4cc3[nH]c2=O)c2ccccc21. The monoisotopic (exact) mass is 384 g/mol. The number of hydrogen-bond donors (Lipinski definition) is 2. The van der Waals surface area contributed by atoms with Gasteiger partial charge in [0.2, 0.25) is 0 Å². The van der Waals surface area contributed by atoms with Crippen molar-refractivity contribution in [3.05, 3.63) is 65.3 Å². The summed E-state index contributed by atoms with van der Waals surface area (Å²) in [5.74, 6) is 0. The molecule has 5 rings (SSSR count). The highest BCUT2D eigenvalue weighted by atomic mass is 16.1. The van der Waals surface area contributed by atoms with Crippen LogP contribution in [-0.4, -0.2) is 31.0 Å². The van der Waals surface area contributed by atoms with E-state index in [1.807, 2.05) is 36.5 Å². The van der Waals surface area contributed by atoms with Gasteiger partial charge >= 0.3 is 0 Å². The van der Waals surface area contributed by atoms with Crippen LogP contribution in [-0.2, 0) is 6.54 Å². The number of nitrogens with zero attached hydrogens (tertiary/aromatic N) is 4. The molecule has 0 amide bonds. The lowest BCUT2D eigenvalue weighted by atomic mass is 10.1. The van der Waals surface area contributed by atoms with E-state index >= 15 is 0 Å². The van der Waals surface area contributed by atoms with Crippen molar-refractivity contribution in [3.63, 3.8) is 0 Å². The number of benzene rings is 2. The topological polar surface area (TPSA) is 102 Å². The molecule has 29 heavy (non-hydrogen) atoms. The number of para-hydroxylation sites is 1. The predicted octanol–water partition coefficient (Wildman–Crippen LogP) is 3.23. The lowest BCUT2D eigenvalue weighted by Gasteiger charge is -2.04. The molecule has 0 spiro atoms. The minimum absolute atomic E-state index is 0.217. The molecule has 0 radical (unpaired) electrons. The summed E-state index contributed by atoms with van der Waals surface area (Å²) < 4.78 is 2.18. The van der Waals surface area contributed by atoms with Crippen molar-refractivity contribution in [1.82, 2.24) is 24.5 Å². The van der Waals surface area contributed by atoms with Gasteiger partial charge in [-0.25, -0.2) is 4.98 Å². The van der Waals surface area contributed by atoms with Gasteiger partial charge in [0.15, 0.2) is 0 Å². The number of rotatable bonds is 5. The van der Waals surface area contributed by atoms with Gasteiger partial charge in [0.25, 0.3) is 5.56 Å². The first-order valence-electron chi connectivity index (χ1n) is 9.68. The van der Waals surface area contributed by atoms with Crippen molar-refractivity contribution in [3.8, 4) is 11.3 Å². The van der Waals surface area contributed by atoms with E-state index in [0.29, 0.717) is 23.3 Å². The number of fused-ring (bicyclic) bond motifs is 3. The molecule has 2 aromatic carbocycles. The van der Waals surface area contributed by atoms with Crippen molar-refractivity contribution in [2.45, 2.75) is 19.4 Å². The fraction of sp³-hybridized carbons (Fsp3) is 0.182. The van der Waals surface area contributed by atoms with Gasteiger partial charge in [-0.2, -0.15) is 0 Å². The first kappa shape index (κ1) is 17.5. The van der Waals surface area contributed by atoms with Crippen molar-refractivity contribution < 1.29 is 0 Å². The number of aryl methyl sites for hydroxylation is 1. The van der Waals surface area contributed by atoms with Crippen LogP contribution in [0.2, 0.25) is 0 Å². The minimum Gasteiger partial charge on any atom is -0.347 e. The standard InChI is InChI=1S/C22H20N6O/c23-7-3-4-10-28-13-15(14-5-1-2-6-20(14)28)21-22(29)27-19-12-17-16(11-18(19)26-21)24-8-9-25-17/h1-2,5-6,8-9,11-13H,3-4,7,10,23H2,(H,27,29). The smallest absolute Gasteiger partial charge is 0.275 e. The maximum absolute atomic E-state index is 12.9. The van der Waals surface area contributed by atoms with Crippen molar-refractivity contribution in [2.75, 3.05) is 6.54 Å². The van der Waals surface area contributed by atoms with Gasteiger partial charge in [0.1, 0.15) is 5.69 Å². The number of hydrogen-bond acceptors (Lipinski definition) is 5. The molecule has 0 aliphatic carbocycles. The Labute approximate surface area is 166 Å². The van der Waals surface area contributed by atoms with Crippen molar-refractivity contribution >= 4 is 33.0 Å². The molecular weight excluding hydrogens is 364 g/mol. The quantitative estimate of drug-likeness (QED) is 0.358. The van der Waals surface area contributed by atoms with Crippen LogP contribution in [0.3, 0.4) is 0 Å². The molecular formula is C22H20N6O. The molecule has 144 valence electrons. The van der Waals surface area contributed by atoms with E-state index < -0.39 is 0 Å². The molecule has 0 aliphatic rings. The second-order valence-electron chi connectivity index (χ2n) is 7.08. The minimum atomic E-state index is -0.217. The Hall–Kier alpha value is -3.58. The van der Waals surface area contributed by atoms with Crippen LogP contribution in [0.25, 0.3) is 44.2 Å². The number of aromatic amines is 1. The van der Waals surface area contributed by atoms with Crippen molar-refractivity contribution in [1.29, 1.82) is 0 Å². The fourth-order valence-corrected chi connectivity index (χ4v) is 3.77. The second kappa shape index (κ2) is 7.10. The molecule has 0 saturated carbocycles. The van der Waals surface area contributed by atoms with Crippen molar-refractivity contribution in [2.24, 2.45) is 5.73 Å². The molecule has 3 aromatic heterocycles. The second-order valence-corrected chi connectivity index (χ2v) is 7.08. The van der Waals surface area contributed by atoms with Crippen LogP contribution in [0.15, 0.2) is 59.8 Å². The van der Waals surface area contributed by atoms with Crippen LogP contribution in [0, 0.1) is 0 Å². The molecule has 0 atom stereocenters. The van der Waals surface area contributed by atoms with E-state index in [2.05, 4.69) is 25.6 Å². The number of H-pyrrole nitrogens is 1. The summed E-state index contributed by atoms with van der Waals surface area (Å²) in [6, 6.07) is 11.8. The van der Waals surface area contributed by atoms with E-state index in [0.717, 1.165) is 46.9 Å². The summed E-state index contributed by atoms with van der Waals surface area (Å²) in [4.78, 5) is 29.2. The van der Waals surface area contributed by atoms with Crippen LogP contribution >= 0.6 is 0 Å². The Balaban J connectivity index is 1.70. The van der Waals surface area contributed by atoms with Crippen LogP contribution in [0.1, 0.15) is 12.8 Å².